The topological polar surface area (TPSA) is 66.0 Å². The minimum Gasteiger partial charge on any atom is -0.381 e. The fraction of sp³-hybridized carbons (Fsp3) is 0.778. The first-order valence-corrected chi connectivity index (χ1v) is 6.11. The lowest BCUT2D eigenvalue weighted by Crippen LogP contribution is -2.17. The van der Waals surface area contributed by atoms with Crippen LogP contribution in [-0.4, -0.2) is 33.7 Å². The number of ether oxygens (including phenoxy) is 1. The number of nitrogens with zero attached hydrogens (tertiary/aromatic N) is 3. The summed E-state index contributed by atoms with van der Waals surface area (Å²) >= 11 is 1.73. The number of nitrogen functional groups attached to an aromatic ring is 1. The minimum atomic E-state index is 0.476. The molecule has 2 heterocycles. The second-order valence-corrected chi connectivity index (χ2v) is 4.75. The number of rotatable bonds is 3. The van der Waals surface area contributed by atoms with Crippen LogP contribution >= 0.6 is 11.8 Å². The number of nitrogens with two attached hydrogens (primary N) is 1. The molecule has 5 nitrogen and oxygen atoms in total. The average Bonchev–Trinajstić information content (AvgIpc) is 2.59. The molecule has 0 amide bonds. The van der Waals surface area contributed by atoms with Gasteiger partial charge < -0.3 is 10.5 Å². The fourth-order valence-electron chi connectivity index (χ4n) is 1.56. The Morgan fingerprint density at radius 1 is 1.47 bits per heavy atom. The van der Waals surface area contributed by atoms with Gasteiger partial charge in [-0.1, -0.05) is 11.8 Å². The van der Waals surface area contributed by atoms with Gasteiger partial charge in [-0.2, -0.15) is 0 Å². The Labute approximate surface area is 93.4 Å². The van der Waals surface area contributed by atoms with Crippen molar-refractivity contribution in [1.29, 1.82) is 0 Å². The van der Waals surface area contributed by atoms with Crippen LogP contribution in [0.15, 0.2) is 5.16 Å². The van der Waals surface area contributed by atoms with Crippen LogP contribution < -0.4 is 5.73 Å². The number of anilines is 1. The normalized spacial score (nSPS) is 18.2. The van der Waals surface area contributed by atoms with Crippen molar-refractivity contribution in [3.8, 4) is 0 Å². The van der Waals surface area contributed by atoms with E-state index in [-0.39, 0.29) is 0 Å². The Morgan fingerprint density at radius 2 is 2.20 bits per heavy atom. The fourth-order valence-corrected chi connectivity index (χ4v) is 2.66. The number of hydrogen-bond donors (Lipinski definition) is 1. The molecule has 0 bridgehead atoms. The summed E-state index contributed by atoms with van der Waals surface area (Å²) in [5, 5.41) is 8.75. The molecule has 1 aliphatic heterocycles. The SMILES string of the molecule is Cn1c(N)nnc1SCC1CCOCC1. The zero-order chi connectivity index (χ0) is 10.7. The van der Waals surface area contributed by atoms with Crippen molar-refractivity contribution in [2.24, 2.45) is 13.0 Å². The summed E-state index contributed by atoms with van der Waals surface area (Å²) in [7, 11) is 1.89. The van der Waals surface area contributed by atoms with Gasteiger partial charge in [0.05, 0.1) is 0 Å². The third-order valence-corrected chi connectivity index (χ3v) is 3.91. The number of aromatic nitrogens is 3. The highest BCUT2D eigenvalue weighted by Crippen LogP contribution is 2.24. The summed E-state index contributed by atoms with van der Waals surface area (Å²) in [6, 6.07) is 0. The smallest absolute Gasteiger partial charge is 0.222 e. The van der Waals surface area contributed by atoms with Gasteiger partial charge in [-0.25, -0.2) is 0 Å². The van der Waals surface area contributed by atoms with Crippen LogP contribution in [0.1, 0.15) is 12.8 Å². The first-order valence-electron chi connectivity index (χ1n) is 5.13. The molecule has 0 saturated carbocycles. The Balaban J connectivity index is 1.84. The predicted octanol–water partition coefficient (Wildman–Crippen LogP) is 0.916. The molecule has 0 spiro atoms. The maximum absolute atomic E-state index is 5.61. The van der Waals surface area contributed by atoms with Crippen molar-refractivity contribution in [3.63, 3.8) is 0 Å². The van der Waals surface area contributed by atoms with Gasteiger partial charge in [-0.05, 0) is 18.8 Å². The molecule has 1 fully saturated rings. The molecule has 0 aliphatic carbocycles. The molecule has 0 atom stereocenters. The molecule has 0 unspecified atom stereocenters. The summed E-state index contributed by atoms with van der Waals surface area (Å²) in [5.41, 5.74) is 5.61. The average molecular weight is 228 g/mol. The summed E-state index contributed by atoms with van der Waals surface area (Å²) in [5.74, 6) is 2.29. The Morgan fingerprint density at radius 3 is 2.80 bits per heavy atom. The second kappa shape index (κ2) is 4.85. The van der Waals surface area contributed by atoms with Crippen molar-refractivity contribution in [2.75, 3.05) is 24.7 Å². The van der Waals surface area contributed by atoms with Gasteiger partial charge in [-0.3, -0.25) is 4.57 Å². The lowest BCUT2D eigenvalue weighted by Gasteiger charge is -2.21. The highest BCUT2D eigenvalue weighted by molar-refractivity contribution is 7.99. The van der Waals surface area contributed by atoms with Gasteiger partial charge in [0, 0.05) is 26.0 Å². The molecule has 1 saturated heterocycles. The molecule has 15 heavy (non-hydrogen) atoms. The maximum Gasteiger partial charge on any atom is 0.222 e. The number of thioether (sulfide) groups is 1. The molecule has 1 aromatic rings. The van der Waals surface area contributed by atoms with E-state index in [1.165, 1.54) is 0 Å². The van der Waals surface area contributed by atoms with Crippen molar-refractivity contribution < 1.29 is 4.74 Å². The molecule has 0 radical (unpaired) electrons. The maximum atomic E-state index is 5.61. The van der Waals surface area contributed by atoms with E-state index in [4.69, 9.17) is 10.5 Å². The molecular formula is C9H16N4OS. The quantitative estimate of drug-likeness (QED) is 0.779. The van der Waals surface area contributed by atoms with E-state index in [0.717, 1.165) is 42.9 Å². The Bertz CT molecular complexity index is 322. The molecule has 0 aromatic carbocycles. The van der Waals surface area contributed by atoms with Crippen molar-refractivity contribution in [3.05, 3.63) is 0 Å². The lowest BCUT2D eigenvalue weighted by atomic mass is 10.0. The van der Waals surface area contributed by atoms with Crippen LogP contribution in [0.4, 0.5) is 5.95 Å². The monoisotopic (exact) mass is 228 g/mol. The number of hydrogen-bond acceptors (Lipinski definition) is 5. The predicted molar refractivity (Wildman–Crippen MR) is 59.7 cm³/mol. The highest BCUT2D eigenvalue weighted by Gasteiger charge is 2.15. The summed E-state index contributed by atoms with van der Waals surface area (Å²) in [6.45, 7) is 1.79. The molecule has 84 valence electrons. The van der Waals surface area contributed by atoms with E-state index < -0.39 is 0 Å². The van der Waals surface area contributed by atoms with Crippen molar-refractivity contribution in [1.82, 2.24) is 14.8 Å². The van der Waals surface area contributed by atoms with E-state index in [0.29, 0.717) is 5.95 Å². The van der Waals surface area contributed by atoms with Crippen LogP contribution in [0.5, 0.6) is 0 Å². The van der Waals surface area contributed by atoms with Gasteiger partial charge in [0.1, 0.15) is 0 Å². The third kappa shape index (κ3) is 2.63. The second-order valence-electron chi connectivity index (χ2n) is 3.77. The molecule has 1 aliphatic rings. The third-order valence-electron chi connectivity index (χ3n) is 2.66. The summed E-state index contributed by atoms with van der Waals surface area (Å²) < 4.78 is 7.14. The Hall–Kier alpha value is -0.750. The lowest BCUT2D eigenvalue weighted by molar-refractivity contribution is 0.0728. The summed E-state index contributed by atoms with van der Waals surface area (Å²) in [6.07, 6.45) is 2.31. The van der Waals surface area contributed by atoms with Crippen LogP contribution in [0.25, 0.3) is 0 Å². The van der Waals surface area contributed by atoms with Crippen LogP contribution in [0.2, 0.25) is 0 Å². The first-order chi connectivity index (χ1) is 7.27. The van der Waals surface area contributed by atoms with Gasteiger partial charge in [0.2, 0.25) is 5.95 Å². The van der Waals surface area contributed by atoms with Gasteiger partial charge in [0.15, 0.2) is 5.16 Å². The van der Waals surface area contributed by atoms with Crippen molar-refractivity contribution >= 4 is 17.7 Å². The largest absolute Gasteiger partial charge is 0.381 e. The molecule has 2 N–H and O–H groups in total. The van der Waals surface area contributed by atoms with Gasteiger partial charge >= 0.3 is 0 Å². The van der Waals surface area contributed by atoms with E-state index >= 15 is 0 Å². The zero-order valence-electron chi connectivity index (χ0n) is 8.85. The molecule has 1 aromatic heterocycles. The molecular weight excluding hydrogens is 212 g/mol. The summed E-state index contributed by atoms with van der Waals surface area (Å²) in [4.78, 5) is 0. The van der Waals surface area contributed by atoms with E-state index in [1.54, 1.807) is 11.8 Å². The molecule has 6 heteroatoms. The van der Waals surface area contributed by atoms with E-state index in [9.17, 15) is 0 Å². The molecule has 2 rings (SSSR count). The van der Waals surface area contributed by atoms with E-state index in [2.05, 4.69) is 10.2 Å². The first kappa shape index (κ1) is 10.8. The van der Waals surface area contributed by atoms with E-state index in [1.807, 2.05) is 11.6 Å². The van der Waals surface area contributed by atoms with Crippen LogP contribution in [0.3, 0.4) is 0 Å². The van der Waals surface area contributed by atoms with Gasteiger partial charge in [-0.15, -0.1) is 10.2 Å². The van der Waals surface area contributed by atoms with Crippen molar-refractivity contribution in [2.45, 2.75) is 18.0 Å². The van der Waals surface area contributed by atoms with Crippen LogP contribution in [-0.2, 0) is 11.8 Å². The highest BCUT2D eigenvalue weighted by atomic mass is 32.2. The standard InChI is InChI=1S/C9H16N4OS/c1-13-8(10)11-12-9(13)15-6-7-2-4-14-5-3-7/h7H,2-6H2,1H3,(H2,10,11). The zero-order valence-corrected chi connectivity index (χ0v) is 9.66. The Kier molecular flexibility index (Phi) is 3.48. The minimum absolute atomic E-state index is 0.476. The van der Waals surface area contributed by atoms with Crippen LogP contribution in [0, 0.1) is 5.92 Å². The van der Waals surface area contributed by atoms with Gasteiger partial charge in [0.25, 0.3) is 0 Å².